The number of nitrogens with one attached hydrogen (secondary N) is 2. The lowest BCUT2D eigenvalue weighted by atomic mass is 10.1. The van der Waals surface area contributed by atoms with E-state index < -0.39 is 0 Å². The molecule has 0 heterocycles. The van der Waals surface area contributed by atoms with Crippen molar-refractivity contribution < 1.29 is 9.59 Å². The van der Waals surface area contributed by atoms with Crippen LogP contribution in [0.5, 0.6) is 0 Å². The van der Waals surface area contributed by atoms with Crippen LogP contribution in [0.4, 0.5) is 5.69 Å². The van der Waals surface area contributed by atoms with Crippen LogP contribution in [0, 0.1) is 11.3 Å². The van der Waals surface area contributed by atoms with E-state index in [2.05, 4.69) is 10.6 Å². The minimum Gasteiger partial charge on any atom is -0.359 e. The summed E-state index contributed by atoms with van der Waals surface area (Å²) in [7, 11) is 1.59. The zero-order chi connectivity index (χ0) is 15.9. The second kappa shape index (κ2) is 7.04. The summed E-state index contributed by atoms with van der Waals surface area (Å²) in [4.78, 5) is 23.4. The summed E-state index contributed by atoms with van der Waals surface area (Å²) in [5.41, 5.74) is 2.36. The van der Waals surface area contributed by atoms with E-state index in [0.29, 0.717) is 23.2 Å². The Bertz CT molecular complexity index is 730. The molecule has 5 nitrogen and oxygen atoms in total. The predicted molar refractivity (Wildman–Crippen MR) is 83.3 cm³/mol. The highest BCUT2D eigenvalue weighted by Crippen LogP contribution is 2.12. The molecule has 2 aromatic carbocycles. The lowest BCUT2D eigenvalue weighted by Gasteiger charge is -2.07. The Hall–Kier alpha value is -3.13. The lowest BCUT2D eigenvalue weighted by Crippen LogP contribution is -2.19. The van der Waals surface area contributed by atoms with E-state index in [1.165, 1.54) is 6.07 Å². The standard InChI is InChI=1S/C17H15N3O2/c1-19-16(21)10-12-5-7-15(8-6-12)20-17(22)14-4-2-3-13(9-14)11-18/h2-9H,10H2,1H3,(H,19,21)(H,20,22). The Kier molecular flexibility index (Phi) is 4.89. The van der Waals surface area contributed by atoms with Gasteiger partial charge in [0.2, 0.25) is 5.91 Å². The number of carbonyl (C=O) groups is 2. The number of amides is 2. The average molecular weight is 293 g/mol. The summed E-state index contributed by atoms with van der Waals surface area (Å²) >= 11 is 0. The molecule has 0 fully saturated rings. The van der Waals surface area contributed by atoms with Gasteiger partial charge in [0.25, 0.3) is 5.91 Å². The molecule has 0 saturated heterocycles. The van der Waals surface area contributed by atoms with E-state index in [1.807, 2.05) is 6.07 Å². The molecular formula is C17H15N3O2. The van der Waals surface area contributed by atoms with Crippen molar-refractivity contribution in [2.24, 2.45) is 0 Å². The molecule has 22 heavy (non-hydrogen) atoms. The van der Waals surface area contributed by atoms with Gasteiger partial charge in [0.05, 0.1) is 18.1 Å². The van der Waals surface area contributed by atoms with Gasteiger partial charge < -0.3 is 10.6 Å². The van der Waals surface area contributed by atoms with Crippen LogP contribution < -0.4 is 10.6 Å². The van der Waals surface area contributed by atoms with Gasteiger partial charge in [-0.2, -0.15) is 5.26 Å². The molecule has 5 heteroatoms. The molecule has 0 atom stereocenters. The monoisotopic (exact) mass is 293 g/mol. The zero-order valence-corrected chi connectivity index (χ0v) is 12.1. The van der Waals surface area contributed by atoms with E-state index in [9.17, 15) is 9.59 Å². The van der Waals surface area contributed by atoms with Crippen molar-refractivity contribution in [2.75, 3.05) is 12.4 Å². The molecule has 2 N–H and O–H groups in total. The first-order chi connectivity index (χ1) is 10.6. The fourth-order valence-corrected chi connectivity index (χ4v) is 1.91. The van der Waals surface area contributed by atoms with Crippen LogP contribution in [0.3, 0.4) is 0 Å². The van der Waals surface area contributed by atoms with Crippen LogP contribution >= 0.6 is 0 Å². The van der Waals surface area contributed by atoms with Gasteiger partial charge in [0.1, 0.15) is 0 Å². The van der Waals surface area contributed by atoms with Crippen molar-refractivity contribution in [1.29, 1.82) is 5.26 Å². The third-order valence-corrected chi connectivity index (χ3v) is 3.11. The maximum absolute atomic E-state index is 12.1. The van der Waals surface area contributed by atoms with Gasteiger partial charge in [0.15, 0.2) is 0 Å². The lowest BCUT2D eigenvalue weighted by molar-refractivity contribution is -0.119. The Balaban J connectivity index is 2.05. The highest BCUT2D eigenvalue weighted by atomic mass is 16.2. The van der Waals surface area contributed by atoms with Crippen LogP contribution in [-0.2, 0) is 11.2 Å². The fraction of sp³-hybridized carbons (Fsp3) is 0.118. The molecule has 0 aromatic heterocycles. The SMILES string of the molecule is CNC(=O)Cc1ccc(NC(=O)c2cccc(C#N)c2)cc1. The van der Waals surface area contributed by atoms with Gasteiger partial charge in [-0.1, -0.05) is 18.2 Å². The van der Waals surface area contributed by atoms with Crippen LogP contribution in [0.2, 0.25) is 0 Å². The smallest absolute Gasteiger partial charge is 0.255 e. The molecule has 0 bridgehead atoms. The quantitative estimate of drug-likeness (QED) is 0.905. The zero-order valence-electron chi connectivity index (χ0n) is 12.1. The van der Waals surface area contributed by atoms with Gasteiger partial charge in [-0.3, -0.25) is 9.59 Å². The first kappa shape index (κ1) is 15.3. The van der Waals surface area contributed by atoms with Crippen LogP contribution in [0.25, 0.3) is 0 Å². The maximum atomic E-state index is 12.1. The minimum absolute atomic E-state index is 0.0647. The Morgan fingerprint density at radius 1 is 1.14 bits per heavy atom. The molecule has 2 rings (SSSR count). The number of hydrogen-bond donors (Lipinski definition) is 2. The van der Waals surface area contributed by atoms with Crippen molar-refractivity contribution in [2.45, 2.75) is 6.42 Å². The largest absolute Gasteiger partial charge is 0.359 e. The first-order valence-electron chi connectivity index (χ1n) is 6.73. The molecule has 0 saturated carbocycles. The second-order valence-corrected chi connectivity index (χ2v) is 4.69. The second-order valence-electron chi connectivity index (χ2n) is 4.69. The van der Waals surface area contributed by atoms with Gasteiger partial charge >= 0.3 is 0 Å². The number of hydrogen-bond acceptors (Lipinski definition) is 3. The van der Waals surface area contributed by atoms with Gasteiger partial charge in [-0.25, -0.2) is 0 Å². The number of nitriles is 1. The number of carbonyl (C=O) groups excluding carboxylic acids is 2. The number of likely N-dealkylation sites (N-methyl/N-ethyl adjacent to an activating group) is 1. The third kappa shape index (κ3) is 3.93. The summed E-state index contributed by atoms with van der Waals surface area (Å²) in [6.07, 6.45) is 0.301. The van der Waals surface area contributed by atoms with E-state index in [-0.39, 0.29) is 11.8 Å². The average Bonchev–Trinajstić information content (AvgIpc) is 2.56. The maximum Gasteiger partial charge on any atom is 0.255 e. The summed E-state index contributed by atoms with van der Waals surface area (Å²) < 4.78 is 0. The Morgan fingerprint density at radius 2 is 1.86 bits per heavy atom. The molecule has 2 aromatic rings. The molecule has 0 aliphatic rings. The van der Waals surface area contributed by atoms with Crippen LogP contribution in [-0.4, -0.2) is 18.9 Å². The minimum atomic E-state index is -0.281. The van der Waals surface area contributed by atoms with E-state index in [0.717, 1.165) is 5.56 Å². The van der Waals surface area contributed by atoms with E-state index in [1.54, 1.807) is 49.5 Å². The van der Waals surface area contributed by atoms with Crippen molar-refractivity contribution in [1.82, 2.24) is 5.32 Å². The normalized spacial score (nSPS) is 9.64. The number of rotatable bonds is 4. The summed E-state index contributed by atoms with van der Waals surface area (Å²) in [6.45, 7) is 0. The number of nitrogens with zero attached hydrogens (tertiary/aromatic N) is 1. The van der Waals surface area contributed by atoms with Crippen LogP contribution in [0.15, 0.2) is 48.5 Å². The molecule has 0 radical (unpaired) electrons. The number of benzene rings is 2. The van der Waals surface area contributed by atoms with Gasteiger partial charge in [-0.05, 0) is 35.9 Å². The topological polar surface area (TPSA) is 82.0 Å². The molecule has 0 spiro atoms. The molecular weight excluding hydrogens is 278 g/mol. The van der Waals surface area contributed by atoms with E-state index in [4.69, 9.17) is 5.26 Å². The summed E-state index contributed by atoms with van der Waals surface area (Å²) in [5.74, 6) is -0.346. The van der Waals surface area contributed by atoms with Gasteiger partial charge in [0, 0.05) is 18.3 Å². The molecule has 110 valence electrons. The molecule has 2 amide bonds. The molecule has 0 unspecified atom stereocenters. The Labute approximate surface area is 128 Å². The highest BCUT2D eigenvalue weighted by molar-refractivity contribution is 6.04. The summed E-state index contributed by atoms with van der Waals surface area (Å²) in [5, 5.41) is 14.2. The summed E-state index contributed by atoms with van der Waals surface area (Å²) in [6, 6.07) is 15.6. The predicted octanol–water partition coefficient (Wildman–Crippen LogP) is 2.10. The Morgan fingerprint density at radius 3 is 2.50 bits per heavy atom. The third-order valence-electron chi connectivity index (χ3n) is 3.11. The molecule has 0 aliphatic heterocycles. The van der Waals surface area contributed by atoms with Crippen molar-refractivity contribution in [3.05, 3.63) is 65.2 Å². The number of anilines is 1. The van der Waals surface area contributed by atoms with E-state index >= 15 is 0 Å². The van der Waals surface area contributed by atoms with Crippen molar-refractivity contribution >= 4 is 17.5 Å². The van der Waals surface area contributed by atoms with Crippen LogP contribution in [0.1, 0.15) is 21.5 Å². The van der Waals surface area contributed by atoms with Crippen molar-refractivity contribution in [3.63, 3.8) is 0 Å². The fourth-order valence-electron chi connectivity index (χ4n) is 1.91. The van der Waals surface area contributed by atoms with Crippen molar-refractivity contribution in [3.8, 4) is 6.07 Å². The first-order valence-corrected chi connectivity index (χ1v) is 6.73. The molecule has 0 aliphatic carbocycles. The highest BCUT2D eigenvalue weighted by Gasteiger charge is 2.07. The van der Waals surface area contributed by atoms with Gasteiger partial charge in [-0.15, -0.1) is 0 Å².